The van der Waals surface area contributed by atoms with Crippen LogP contribution in [0.1, 0.15) is 18.9 Å². The van der Waals surface area contributed by atoms with E-state index in [0.29, 0.717) is 32.1 Å². The Hall–Kier alpha value is -0.870. The van der Waals surface area contributed by atoms with Crippen LogP contribution in [0.4, 0.5) is 0 Å². The van der Waals surface area contributed by atoms with Crippen LogP contribution in [0, 0.1) is 0 Å². The lowest BCUT2D eigenvalue weighted by molar-refractivity contribution is -0.130. The normalized spacial score (nSPS) is 12.1. The van der Waals surface area contributed by atoms with Crippen LogP contribution in [0.15, 0.2) is 33.7 Å². The second-order valence-corrected chi connectivity index (χ2v) is 6.45. The smallest absolute Gasteiger partial charge is 0.224 e. The number of hydrogen-bond acceptors (Lipinski definition) is 3. The van der Waals surface area contributed by atoms with E-state index >= 15 is 0 Å². The van der Waals surface area contributed by atoms with Crippen LogP contribution in [0.5, 0.6) is 0 Å². The Bertz CT molecular complexity index is 557. The zero-order valence-electron chi connectivity index (χ0n) is 15.2. The number of hydrogen-bond donors (Lipinski definition) is 2. The van der Waals surface area contributed by atoms with E-state index in [9.17, 15) is 4.79 Å². The molecule has 142 valence electrons. The number of rotatable bonds is 8. The maximum Gasteiger partial charge on any atom is 0.224 e. The third-order valence-electron chi connectivity index (χ3n) is 3.45. The molecule has 1 amide bonds. The van der Waals surface area contributed by atoms with E-state index in [0.717, 1.165) is 10.0 Å². The Morgan fingerprint density at radius 2 is 2.08 bits per heavy atom. The fourth-order valence-electron chi connectivity index (χ4n) is 2.17. The number of halogens is 2. The van der Waals surface area contributed by atoms with Gasteiger partial charge in [0.15, 0.2) is 5.96 Å². The third-order valence-corrected chi connectivity index (χ3v) is 4.22. The number of aliphatic imine (C=N–C) groups is 1. The van der Waals surface area contributed by atoms with Gasteiger partial charge in [0.2, 0.25) is 5.91 Å². The number of amides is 1. The van der Waals surface area contributed by atoms with Gasteiger partial charge in [-0.15, -0.1) is 24.0 Å². The first kappa shape index (κ1) is 24.1. The highest BCUT2D eigenvalue weighted by atomic mass is 127. The summed E-state index contributed by atoms with van der Waals surface area (Å²) in [6.45, 7) is 3.71. The summed E-state index contributed by atoms with van der Waals surface area (Å²) in [4.78, 5) is 18.1. The molecule has 25 heavy (non-hydrogen) atoms. The zero-order chi connectivity index (χ0) is 17.9. The monoisotopic (exact) mass is 526 g/mol. The summed E-state index contributed by atoms with van der Waals surface area (Å²) in [5, 5.41) is 6.35. The Morgan fingerprint density at radius 3 is 2.68 bits per heavy atom. The lowest BCUT2D eigenvalue weighted by Crippen LogP contribution is -2.44. The van der Waals surface area contributed by atoms with E-state index in [1.165, 1.54) is 0 Å². The van der Waals surface area contributed by atoms with Crippen molar-refractivity contribution in [2.75, 3.05) is 34.4 Å². The maximum absolute atomic E-state index is 12.2. The number of nitrogens with one attached hydrogen (secondary N) is 2. The van der Waals surface area contributed by atoms with Crippen LogP contribution in [0.2, 0.25) is 0 Å². The molecule has 0 saturated carbocycles. The highest BCUT2D eigenvalue weighted by molar-refractivity contribution is 14.0. The van der Waals surface area contributed by atoms with Crippen LogP contribution in [-0.2, 0) is 16.1 Å². The van der Waals surface area contributed by atoms with Crippen LogP contribution >= 0.6 is 39.9 Å². The van der Waals surface area contributed by atoms with Crippen molar-refractivity contribution in [2.45, 2.75) is 25.9 Å². The third kappa shape index (κ3) is 9.41. The summed E-state index contributed by atoms with van der Waals surface area (Å²) < 4.78 is 6.09. The van der Waals surface area contributed by atoms with Crippen LogP contribution in [-0.4, -0.2) is 57.2 Å². The minimum atomic E-state index is 0. The summed E-state index contributed by atoms with van der Waals surface area (Å²) in [7, 11) is 5.18. The number of nitrogens with zero attached hydrogens (tertiary/aromatic N) is 2. The Kier molecular flexibility index (Phi) is 12.9. The lowest BCUT2D eigenvalue weighted by Gasteiger charge is -2.20. The van der Waals surface area contributed by atoms with E-state index < -0.39 is 0 Å². The van der Waals surface area contributed by atoms with Crippen molar-refractivity contribution < 1.29 is 9.53 Å². The van der Waals surface area contributed by atoms with E-state index in [1.807, 2.05) is 38.2 Å². The fraction of sp³-hybridized carbons (Fsp3) is 0.529. The molecule has 1 unspecified atom stereocenters. The maximum atomic E-state index is 12.2. The summed E-state index contributed by atoms with van der Waals surface area (Å²) >= 11 is 3.51. The van der Waals surface area contributed by atoms with E-state index in [-0.39, 0.29) is 35.9 Å². The molecule has 1 aromatic rings. The Balaban J connectivity index is 0.00000576. The number of guanidine groups is 1. The van der Waals surface area contributed by atoms with Gasteiger partial charge in [0.25, 0.3) is 0 Å². The van der Waals surface area contributed by atoms with Gasteiger partial charge in [0, 0.05) is 51.2 Å². The molecule has 2 N–H and O–H groups in total. The topological polar surface area (TPSA) is 66.0 Å². The summed E-state index contributed by atoms with van der Waals surface area (Å²) in [6, 6.07) is 8.07. The van der Waals surface area contributed by atoms with Crippen molar-refractivity contribution in [2.24, 2.45) is 4.99 Å². The predicted octanol–water partition coefficient (Wildman–Crippen LogP) is 2.62. The zero-order valence-corrected chi connectivity index (χ0v) is 19.1. The standard InChI is InChI=1S/C17H27BrN4O2.HI/c1-13(12-24-4)21-17(19-2)20-10-9-16(23)22(3)11-14-7-5-6-8-15(14)18;/h5-8,13H,9-12H2,1-4H3,(H2,19,20,21);1H. The number of carbonyl (C=O) groups excluding carboxylic acids is 1. The minimum Gasteiger partial charge on any atom is -0.383 e. The van der Waals surface area contributed by atoms with E-state index in [4.69, 9.17) is 4.74 Å². The molecule has 0 aliphatic rings. The van der Waals surface area contributed by atoms with Gasteiger partial charge >= 0.3 is 0 Å². The van der Waals surface area contributed by atoms with Gasteiger partial charge in [-0.05, 0) is 18.6 Å². The molecule has 6 nitrogen and oxygen atoms in total. The van der Waals surface area contributed by atoms with Crippen molar-refractivity contribution in [1.29, 1.82) is 0 Å². The fourth-order valence-corrected chi connectivity index (χ4v) is 2.58. The van der Waals surface area contributed by atoms with Crippen molar-refractivity contribution in [1.82, 2.24) is 15.5 Å². The van der Waals surface area contributed by atoms with Gasteiger partial charge in [0.05, 0.1) is 6.61 Å². The molecule has 1 aromatic carbocycles. The van der Waals surface area contributed by atoms with Crippen LogP contribution in [0.25, 0.3) is 0 Å². The van der Waals surface area contributed by atoms with Gasteiger partial charge < -0.3 is 20.3 Å². The molecule has 0 spiro atoms. The lowest BCUT2D eigenvalue weighted by atomic mass is 10.2. The Labute approximate surface area is 175 Å². The second-order valence-electron chi connectivity index (χ2n) is 5.59. The van der Waals surface area contributed by atoms with Crippen molar-refractivity contribution in [3.8, 4) is 0 Å². The number of benzene rings is 1. The summed E-state index contributed by atoms with van der Waals surface area (Å²) in [6.07, 6.45) is 0.403. The quantitative estimate of drug-likeness (QED) is 0.310. The van der Waals surface area contributed by atoms with Gasteiger partial charge in [-0.3, -0.25) is 9.79 Å². The molecule has 8 heteroatoms. The van der Waals surface area contributed by atoms with Crippen molar-refractivity contribution in [3.05, 3.63) is 34.3 Å². The average Bonchev–Trinajstić information content (AvgIpc) is 2.56. The first-order chi connectivity index (χ1) is 11.5. The van der Waals surface area contributed by atoms with Crippen molar-refractivity contribution >= 4 is 51.8 Å². The first-order valence-electron chi connectivity index (χ1n) is 7.91. The largest absolute Gasteiger partial charge is 0.383 e. The predicted molar refractivity (Wildman–Crippen MR) is 116 cm³/mol. The summed E-state index contributed by atoms with van der Waals surface area (Å²) in [5.74, 6) is 0.749. The van der Waals surface area contributed by atoms with Crippen LogP contribution in [0.3, 0.4) is 0 Å². The molecule has 0 bridgehead atoms. The highest BCUT2D eigenvalue weighted by Gasteiger charge is 2.11. The number of ether oxygens (including phenoxy) is 1. The average molecular weight is 527 g/mol. The molecule has 0 aliphatic carbocycles. The Morgan fingerprint density at radius 1 is 1.40 bits per heavy atom. The molecule has 0 aliphatic heterocycles. The van der Waals surface area contributed by atoms with Gasteiger partial charge in [-0.2, -0.15) is 0 Å². The van der Waals surface area contributed by atoms with Gasteiger partial charge in [-0.1, -0.05) is 34.1 Å². The number of methoxy groups -OCH3 is 1. The molecule has 1 atom stereocenters. The molecule has 0 heterocycles. The van der Waals surface area contributed by atoms with Gasteiger partial charge in [-0.25, -0.2) is 0 Å². The molecule has 0 fully saturated rings. The summed E-state index contributed by atoms with van der Waals surface area (Å²) in [5.41, 5.74) is 1.09. The van der Waals surface area contributed by atoms with Gasteiger partial charge in [0.1, 0.15) is 0 Å². The van der Waals surface area contributed by atoms with Crippen molar-refractivity contribution in [3.63, 3.8) is 0 Å². The molecular weight excluding hydrogens is 499 g/mol. The number of carbonyl (C=O) groups is 1. The molecular formula is C17H28BrIN4O2. The SMILES string of the molecule is CN=C(NCCC(=O)N(C)Cc1ccccc1Br)NC(C)COC.I. The van der Waals surface area contributed by atoms with E-state index in [2.05, 4.69) is 31.6 Å². The molecule has 0 radical (unpaired) electrons. The minimum absolute atomic E-state index is 0. The molecule has 0 saturated heterocycles. The highest BCUT2D eigenvalue weighted by Crippen LogP contribution is 2.17. The molecule has 0 aromatic heterocycles. The first-order valence-corrected chi connectivity index (χ1v) is 8.70. The molecule has 1 rings (SSSR count). The second kappa shape index (κ2) is 13.3. The van der Waals surface area contributed by atoms with Crippen LogP contribution < -0.4 is 10.6 Å². The van der Waals surface area contributed by atoms with E-state index in [1.54, 1.807) is 19.1 Å².